The molecule has 6 nitrogen and oxygen atoms in total. The van der Waals surface area contributed by atoms with E-state index in [1.807, 2.05) is 18.4 Å². The van der Waals surface area contributed by atoms with Crippen LogP contribution in [0.15, 0.2) is 46.6 Å². The SMILES string of the molecule is CC(NC(=O)c1cc(Br)cc(C#N)c1)c1nccnc1-c1nccs1. The van der Waals surface area contributed by atoms with Crippen molar-refractivity contribution in [2.24, 2.45) is 0 Å². The molecule has 0 bridgehead atoms. The summed E-state index contributed by atoms with van der Waals surface area (Å²) in [5.74, 6) is -0.291. The molecule has 1 unspecified atom stereocenters. The van der Waals surface area contributed by atoms with E-state index in [1.165, 1.54) is 11.3 Å². The standard InChI is InChI=1S/C17H12BrN5OS/c1-10(14-15(21-3-2-20-14)17-22-4-5-25-17)23-16(24)12-6-11(9-19)7-13(18)8-12/h2-8,10H,1H3,(H,23,24). The molecular weight excluding hydrogens is 402 g/mol. The molecule has 0 aliphatic carbocycles. The van der Waals surface area contributed by atoms with Crippen molar-refractivity contribution in [1.29, 1.82) is 5.26 Å². The lowest BCUT2D eigenvalue weighted by molar-refractivity contribution is 0.0939. The average molecular weight is 414 g/mol. The number of nitriles is 1. The van der Waals surface area contributed by atoms with E-state index in [9.17, 15) is 4.79 Å². The predicted molar refractivity (Wildman–Crippen MR) is 97.9 cm³/mol. The lowest BCUT2D eigenvalue weighted by Crippen LogP contribution is -2.28. The van der Waals surface area contributed by atoms with Gasteiger partial charge in [-0.1, -0.05) is 15.9 Å². The van der Waals surface area contributed by atoms with Gasteiger partial charge in [0.2, 0.25) is 0 Å². The molecule has 3 aromatic rings. The molecule has 1 atom stereocenters. The number of nitrogens with one attached hydrogen (secondary N) is 1. The molecule has 0 fully saturated rings. The molecule has 0 spiro atoms. The number of benzene rings is 1. The molecule has 1 amide bonds. The molecule has 0 saturated heterocycles. The lowest BCUT2D eigenvalue weighted by Gasteiger charge is -2.15. The lowest BCUT2D eigenvalue weighted by atomic mass is 10.1. The third kappa shape index (κ3) is 3.90. The summed E-state index contributed by atoms with van der Waals surface area (Å²) in [6, 6.07) is 6.54. The minimum absolute atomic E-state index is 0.291. The molecule has 1 N–H and O–H groups in total. The Kier molecular flexibility index (Phi) is 5.16. The maximum Gasteiger partial charge on any atom is 0.251 e. The Bertz CT molecular complexity index is 952. The van der Waals surface area contributed by atoms with Crippen LogP contribution in [0, 0.1) is 11.3 Å². The van der Waals surface area contributed by atoms with Gasteiger partial charge in [0.1, 0.15) is 10.7 Å². The first-order valence-corrected chi connectivity index (χ1v) is 8.98. The van der Waals surface area contributed by atoms with Crippen molar-refractivity contribution in [2.45, 2.75) is 13.0 Å². The minimum Gasteiger partial charge on any atom is -0.344 e. The van der Waals surface area contributed by atoms with Crippen LogP contribution in [-0.4, -0.2) is 20.9 Å². The van der Waals surface area contributed by atoms with E-state index in [4.69, 9.17) is 5.26 Å². The van der Waals surface area contributed by atoms with Crippen LogP contribution < -0.4 is 5.32 Å². The average Bonchev–Trinajstić information content (AvgIpc) is 3.15. The van der Waals surface area contributed by atoms with Crippen LogP contribution in [0.1, 0.15) is 34.6 Å². The molecule has 0 saturated carbocycles. The second kappa shape index (κ2) is 7.51. The van der Waals surface area contributed by atoms with Crippen LogP contribution in [0.5, 0.6) is 0 Å². The van der Waals surface area contributed by atoms with Gasteiger partial charge < -0.3 is 5.32 Å². The van der Waals surface area contributed by atoms with E-state index >= 15 is 0 Å². The highest BCUT2D eigenvalue weighted by atomic mass is 79.9. The van der Waals surface area contributed by atoms with Crippen LogP contribution in [0.2, 0.25) is 0 Å². The topological polar surface area (TPSA) is 91.6 Å². The zero-order valence-corrected chi connectivity index (χ0v) is 15.5. The third-order valence-corrected chi connectivity index (χ3v) is 4.65. The molecule has 2 heterocycles. The van der Waals surface area contributed by atoms with Crippen molar-refractivity contribution in [2.75, 3.05) is 0 Å². The molecule has 25 heavy (non-hydrogen) atoms. The molecule has 124 valence electrons. The zero-order valence-electron chi connectivity index (χ0n) is 13.1. The van der Waals surface area contributed by atoms with Crippen LogP contribution in [0.4, 0.5) is 0 Å². The van der Waals surface area contributed by atoms with Crippen LogP contribution in [0.25, 0.3) is 10.7 Å². The van der Waals surface area contributed by atoms with Crippen molar-refractivity contribution in [3.05, 3.63) is 63.5 Å². The summed E-state index contributed by atoms with van der Waals surface area (Å²) in [5.41, 5.74) is 2.10. The molecule has 0 aliphatic rings. The summed E-state index contributed by atoms with van der Waals surface area (Å²) in [5, 5.41) is 14.6. The summed E-state index contributed by atoms with van der Waals surface area (Å²) in [7, 11) is 0. The second-order valence-corrected chi connectivity index (χ2v) is 6.97. The van der Waals surface area contributed by atoms with Crippen LogP contribution in [-0.2, 0) is 0 Å². The van der Waals surface area contributed by atoms with Crippen molar-refractivity contribution in [1.82, 2.24) is 20.3 Å². The van der Waals surface area contributed by atoms with Crippen LogP contribution >= 0.6 is 27.3 Å². The smallest absolute Gasteiger partial charge is 0.251 e. The van der Waals surface area contributed by atoms with Gasteiger partial charge in [0.25, 0.3) is 5.91 Å². The number of halogens is 1. The summed E-state index contributed by atoms with van der Waals surface area (Å²) in [6.45, 7) is 1.84. The number of amides is 1. The van der Waals surface area contributed by atoms with Gasteiger partial charge >= 0.3 is 0 Å². The Morgan fingerprint density at radius 2 is 2.04 bits per heavy atom. The highest BCUT2D eigenvalue weighted by molar-refractivity contribution is 9.10. The molecular formula is C17H12BrN5OS. The van der Waals surface area contributed by atoms with E-state index in [2.05, 4.69) is 36.2 Å². The second-order valence-electron chi connectivity index (χ2n) is 5.16. The first-order chi connectivity index (χ1) is 12.1. The Hall–Kier alpha value is -2.63. The molecule has 0 radical (unpaired) electrons. The highest BCUT2D eigenvalue weighted by Crippen LogP contribution is 2.26. The monoisotopic (exact) mass is 413 g/mol. The van der Waals surface area contributed by atoms with Gasteiger partial charge in [-0.2, -0.15) is 5.26 Å². The highest BCUT2D eigenvalue weighted by Gasteiger charge is 2.19. The summed E-state index contributed by atoms with van der Waals surface area (Å²) in [4.78, 5) is 25.5. The number of nitrogens with zero attached hydrogens (tertiary/aromatic N) is 4. The number of rotatable bonds is 4. The quantitative estimate of drug-likeness (QED) is 0.703. The fourth-order valence-electron chi connectivity index (χ4n) is 2.30. The summed E-state index contributed by atoms with van der Waals surface area (Å²) in [6.07, 6.45) is 4.89. The zero-order chi connectivity index (χ0) is 17.8. The number of hydrogen-bond donors (Lipinski definition) is 1. The molecule has 1 aromatic carbocycles. The van der Waals surface area contributed by atoms with Gasteiger partial charge in [0, 0.05) is 34.0 Å². The van der Waals surface area contributed by atoms with E-state index in [1.54, 1.807) is 36.8 Å². The number of carbonyl (C=O) groups is 1. The Labute approximate surface area is 156 Å². The van der Waals surface area contributed by atoms with E-state index < -0.39 is 0 Å². The Morgan fingerprint density at radius 1 is 1.24 bits per heavy atom. The minimum atomic E-state index is -0.371. The van der Waals surface area contributed by atoms with Gasteiger partial charge in [-0.15, -0.1) is 11.3 Å². The normalized spacial score (nSPS) is 11.6. The maximum absolute atomic E-state index is 12.5. The summed E-state index contributed by atoms with van der Waals surface area (Å²) < 4.78 is 0.673. The molecule has 3 rings (SSSR count). The first kappa shape index (κ1) is 17.2. The Morgan fingerprint density at radius 3 is 2.76 bits per heavy atom. The van der Waals surface area contributed by atoms with Crippen molar-refractivity contribution >= 4 is 33.2 Å². The maximum atomic E-state index is 12.5. The molecule has 2 aromatic heterocycles. The molecule has 8 heteroatoms. The summed E-state index contributed by atoms with van der Waals surface area (Å²) >= 11 is 4.77. The van der Waals surface area contributed by atoms with Gasteiger partial charge in [0.15, 0.2) is 0 Å². The fourth-order valence-corrected chi connectivity index (χ4v) is 3.44. The number of carbonyl (C=O) groups excluding carboxylic acids is 1. The van der Waals surface area contributed by atoms with Crippen molar-refractivity contribution < 1.29 is 4.79 Å². The van der Waals surface area contributed by atoms with Gasteiger partial charge in [-0.3, -0.25) is 14.8 Å². The predicted octanol–water partition coefficient (Wildman–Crippen LogP) is 3.73. The van der Waals surface area contributed by atoms with Gasteiger partial charge in [-0.05, 0) is 25.1 Å². The van der Waals surface area contributed by atoms with Crippen molar-refractivity contribution in [3.63, 3.8) is 0 Å². The first-order valence-electron chi connectivity index (χ1n) is 7.31. The van der Waals surface area contributed by atoms with E-state index in [0.717, 1.165) is 5.01 Å². The number of hydrogen-bond acceptors (Lipinski definition) is 6. The van der Waals surface area contributed by atoms with E-state index in [-0.39, 0.29) is 11.9 Å². The van der Waals surface area contributed by atoms with Crippen molar-refractivity contribution in [3.8, 4) is 16.8 Å². The molecule has 0 aliphatic heterocycles. The van der Waals surface area contributed by atoms with E-state index in [0.29, 0.717) is 27.0 Å². The largest absolute Gasteiger partial charge is 0.344 e. The fraction of sp³-hybridized carbons (Fsp3) is 0.118. The third-order valence-electron chi connectivity index (χ3n) is 3.41. The number of thiazole rings is 1. The van der Waals surface area contributed by atoms with Crippen LogP contribution in [0.3, 0.4) is 0 Å². The van der Waals surface area contributed by atoms with Gasteiger partial charge in [-0.25, -0.2) is 4.98 Å². The number of aromatic nitrogens is 3. The Balaban J connectivity index is 1.86. The van der Waals surface area contributed by atoms with Gasteiger partial charge in [0.05, 0.1) is 23.4 Å².